The van der Waals surface area contributed by atoms with Gasteiger partial charge in [0.2, 0.25) is 5.91 Å². The van der Waals surface area contributed by atoms with E-state index in [1.54, 1.807) is 57.2 Å². The summed E-state index contributed by atoms with van der Waals surface area (Å²) in [4.78, 5) is 75.7. The first-order chi connectivity index (χ1) is 19.7. The second-order valence-corrected chi connectivity index (χ2v) is 10.5. The van der Waals surface area contributed by atoms with Crippen LogP contribution in [-0.4, -0.2) is 78.6 Å². The lowest BCUT2D eigenvalue weighted by Gasteiger charge is -2.28. The van der Waals surface area contributed by atoms with E-state index in [0.29, 0.717) is 22.3 Å². The second kappa shape index (κ2) is 13.3. The zero-order valence-electron chi connectivity index (χ0n) is 24.3. The number of hydrogen-bond acceptors (Lipinski definition) is 10. The zero-order valence-corrected chi connectivity index (χ0v) is 24.3. The van der Waals surface area contributed by atoms with Gasteiger partial charge in [-0.05, 0) is 55.7 Å². The maximum absolute atomic E-state index is 13.5. The van der Waals surface area contributed by atoms with Crippen molar-refractivity contribution in [1.29, 1.82) is 0 Å². The Kier molecular flexibility index (Phi) is 10.1. The highest BCUT2D eigenvalue weighted by atomic mass is 16.6. The zero-order chi connectivity index (χ0) is 31.2. The van der Waals surface area contributed by atoms with Gasteiger partial charge < -0.3 is 29.2 Å². The summed E-state index contributed by atoms with van der Waals surface area (Å²) in [7, 11) is 1.10. The topological polar surface area (TPSA) is 155 Å². The molecule has 12 nitrogen and oxygen atoms in total. The molecular formula is C30H34N2O10. The van der Waals surface area contributed by atoms with Crippen LogP contribution < -0.4 is 5.32 Å². The first kappa shape index (κ1) is 31.8. The fourth-order valence-corrected chi connectivity index (χ4v) is 4.28. The summed E-state index contributed by atoms with van der Waals surface area (Å²) in [5.74, 6) is -3.99. The molecule has 2 aromatic rings. The SMILES string of the molecule is COC(=O)[C@H](COC(C)=O)NC(=O)[C@H](COC(C)=O)N1Cc2c(cccc2-c2ccc(C(=O)OC(C)(C)C)cc2)C1=O. The Morgan fingerprint density at radius 1 is 0.905 bits per heavy atom. The minimum atomic E-state index is -1.36. The van der Waals surface area contributed by atoms with E-state index in [4.69, 9.17) is 18.9 Å². The molecule has 42 heavy (non-hydrogen) atoms. The number of benzene rings is 2. The third-order valence-electron chi connectivity index (χ3n) is 6.21. The van der Waals surface area contributed by atoms with E-state index in [1.165, 1.54) is 4.90 Å². The molecule has 2 aromatic carbocycles. The molecular weight excluding hydrogens is 548 g/mol. The molecule has 0 aliphatic carbocycles. The second-order valence-electron chi connectivity index (χ2n) is 10.5. The molecule has 0 bridgehead atoms. The van der Waals surface area contributed by atoms with E-state index in [-0.39, 0.29) is 6.54 Å². The predicted molar refractivity (Wildman–Crippen MR) is 148 cm³/mol. The summed E-state index contributed by atoms with van der Waals surface area (Å²) in [6, 6.07) is 9.19. The standard InChI is InChI=1S/C30H34N2O10/c1-17(33)40-15-24(29(38)39-6)31-26(35)25(16-41-18(2)34)32-14-23-21(8-7-9-22(23)27(32)36)19-10-12-20(13-11-19)28(37)42-30(3,4)5/h7-13,24-25H,14-16H2,1-6H3,(H,31,35)/t24-,25-/m0/s1. The van der Waals surface area contributed by atoms with E-state index in [1.807, 2.05) is 6.07 Å². The van der Waals surface area contributed by atoms with Crippen LogP contribution in [0.5, 0.6) is 0 Å². The van der Waals surface area contributed by atoms with E-state index in [0.717, 1.165) is 26.5 Å². The van der Waals surface area contributed by atoms with Crippen molar-refractivity contribution < 1.29 is 47.7 Å². The van der Waals surface area contributed by atoms with Crippen molar-refractivity contribution in [3.05, 3.63) is 59.2 Å². The van der Waals surface area contributed by atoms with Gasteiger partial charge in [0, 0.05) is 26.0 Å². The van der Waals surface area contributed by atoms with Gasteiger partial charge in [0.15, 0.2) is 6.04 Å². The molecule has 2 atom stereocenters. The lowest BCUT2D eigenvalue weighted by atomic mass is 9.96. The van der Waals surface area contributed by atoms with Crippen molar-refractivity contribution in [3.8, 4) is 11.1 Å². The van der Waals surface area contributed by atoms with Crippen LogP contribution in [-0.2, 0) is 44.7 Å². The third kappa shape index (κ3) is 7.93. The average Bonchev–Trinajstić information content (AvgIpc) is 3.25. The largest absolute Gasteiger partial charge is 0.467 e. The number of methoxy groups -OCH3 is 1. The maximum atomic E-state index is 13.5. The molecule has 1 N–H and O–H groups in total. The lowest BCUT2D eigenvalue weighted by Crippen LogP contribution is -2.55. The predicted octanol–water partition coefficient (Wildman–Crippen LogP) is 2.42. The van der Waals surface area contributed by atoms with Gasteiger partial charge in [-0.1, -0.05) is 24.3 Å². The Morgan fingerprint density at radius 3 is 2.07 bits per heavy atom. The van der Waals surface area contributed by atoms with Crippen LogP contribution in [0.2, 0.25) is 0 Å². The molecule has 0 radical (unpaired) electrons. The summed E-state index contributed by atoms with van der Waals surface area (Å²) in [6.45, 7) is 6.65. The van der Waals surface area contributed by atoms with Gasteiger partial charge in [-0.2, -0.15) is 0 Å². The van der Waals surface area contributed by atoms with Crippen molar-refractivity contribution in [1.82, 2.24) is 10.2 Å². The minimum absolute atomic E-state index is 0.00958. The Balaban J connectivity index is 1.89. The molecule has 0 saturated carbocycles. The van der Waals surface area contributed by atoms with Crippen LogP contribution in [0, 0.1) is 0 Å². The highest BCUT2D eigenvalue weighted by Crippen LogP contribution is 2.34. The number of carbonyl (C=O) groups is 6. The molecule has 0 spiro atoms. The summed E-state index contributed by atoms with van der Waals surface area (Å²) in [5.41, 5.74) is 2.11. The number of fused-ring (bicyclic) bond motifs is 1. The summed E-state index contributed by atoms with van der Waals surface area (Å²) < 4.78 is 20.1. The number of ether oxygens (including phenoxy) is 4. The van der Waals surface area contributed by atoms with E-state index < -0.39 is 66.6 Å². The molecule has 12 heteroatoms. The van der Waals surface area contributed by atoms with Crippen molar-refractivity contribution >= 4 is 35.7 Å². The van der Waals surface area contributed by atoms with Crippen LogP contribution in [0.15, 0.2) is 42.5 Å². The monoisotopic (exact) mass is 582 g/mol. The molecule has 3 rings (SSSR count). The fourth-order valence-electron chi connectivity index (χ4n) is 4.28. The Morgan fingerprint density at radius 2 is 1.50 bits per heavy atom. The Hall–Kier alpha value is -4.74. The summed E-state index contributed by atoms with van der Waals surface area (Å²) in [6.07, 6.45) is 0. The Bertz CT molecular complexity index is 1380. The van der Waals surface area contributed by atoms with Crippen LogP contribution in [0.1, 0.15) is 60.9 Å². The number of esters is 4. The minimum Gasteiger partial charge on any atom is -0.467 e. The van der Waals surface area contributed by atoms with Gasteiger partial charge in [-0.15, -0.1) is 0 Å². The van der Waals surface area contributed by atoms with Gasteiger partial charge in [0.25, 0.3) is 5.91 Å². The van der Waals surface area contributed by atoms with E-state index in [9.17, 15) is 28.8 Å². The quantitative estimate of drug-likeness (QED) is 0.326. The highest BCUT2D eigenvalue weighted by molar-refractivity contribution is 6.03. The summed E-state index contributed by atoms with van der Waals surface area (Å²) in [5, 5.41) is 2.43. The molecule has 0 aromatic heterocycles. The summed E-state index contributed by atoms with van der Waals surface area (Å²) >= 11 is 0. The first-order valence-electron chi connectivity index (χ1n) is 13.1. The first-order valence-corrected chi connectivity index (χ1v) is 13.1. The average molecular weight is 583 g/mol. The van der Waals surface area contributed by atoms with E-state index in [2.05, 4.69) is 5.32 Å². The molecule has 0 fully saturated rings. The van der Waals surface area contributed by atoms with Crippen molar-refractivity contribution in [2.24, 2.45) is 0 Å². The van der Waals surface area contributed by atoms with Gasteiger partial charge in [0.05, 0.1) is 12.7 Å². The maximum Gasteiger partial charge on any atom is 0.338 e. The molecule has 224 valence electrons. The van der Waals surface area contributed by atoms with Crippen LogP contribution in [0.25, 0.3) is 11.1 Å². The fraction of sp³-hybridized carbons (Fsp3) is 0.400. The lowest BCUT2D eigenvalue weighted by molar-refractivity contribution is -0.153. The molecule has 1 aliphatic heterocycles. The smallest absolute Gasteiger partial charge is 0.338 e. The number of carbonyl (C=O) groups excluding carboxylic acids is 6. The van der Waals surface area contributed by atoms with E-state index >= 15 is 0 Å². The van der Waals surface area contributed by atoms with Crippen molar-refractivity contribution in [3.63, 3.8) is 0 Å². The van der Waals surface area contributed by atoms with Gasteiger partial charge in [-0.25, -0.2) is 9.59 Å². The number of rotatable bonds is 10. The van der Waals surface area contributed by atoms with Gasteiger partial charge >= 0.3 is 23.9 Å². The number of nitrogens with zero attached hydrogens (tertiary/aromatic N) is 1. The molecule has 1 heterocycles. The van der Waals surface area contributed by atoms with Gasteiger partial charge in [-0.3, -0.25) is 19.2 Å². The van der Waals surface area contributed by atoms with Gasteiger partial charge in [0.1, 0.15) is 24.9 Å². The molecule has 0 unspecified atom stereocenters. The van der Waals surface area contributed by atoms with Crippen LogP contribution in [0.3, 0.4) is 0 Å². The van der Waals surface area contributed by atoms with Crippen molar-refractivity contribution in [2.45, 2.75) is 58.8 Å². The highest BCUT2D eigenvalue weighted by Gasteiger charge is 2.39. The molecule has 1 aliphatic rings. The Labute approximate surface area is 243 Å². The number of nitrogens with one attached hydrogen (secondary N) is 1. The number of amides is 2. The van der Waals surface area contributed by atoms with Crippen LogP contribution in [0.4, 0.5) is 0 Å². The molecule has 2 amide bonds. The third-order valence-corrected chi connectivity index (χ3v) is 6.21. The van der Waals surface area contributed by atoms with Crippen molar-refractivity contribution in [2.75, 3.05) is 20.3 Å². The normalized spacial score (nSPS) is 13.9. The molecule has 0 saturated heterocycles. The van der Waals surface area contributed by atoms with Crippen LogP contribution >= 0.6 is 0 Å². The number of hydrogen-bond donors (Lipinski definition) is 1.